The number of carbonyl (C=O) groups excluding carboxylic acids is 1. The number of esters is 1. The number of carbonyl (C=O) groups is 1. The summed E-state index contributed by atoms with van der Waals surface area (Å²) in [6.07, 6.45) is 1.96. The Balaban J connectivity index is 2.13. The molecule has 1 aliphatic rings. The molecule has 0 spiro atoms. The normalized spacial score (nSPS) is 24.6. The van der Waals surface area contributed by atoms with E-state index < -0.39 is 23.7 Å². The summed E-state index contributed by atoms with van der Waals surface area (Å²) in [7, 11) is 0. The Hall–Kier alpha value is -1.89. The second-order valence-corrected chi connectivity index (χ2v) is 7.37. The van der Waals surface area contributed by atoms with Gasteiger partial charge in [0.25, 0.3) is 0 Å². The van der Waals surface area contributed by atoms with Crippen LogP contribution in [0.5, 0.6) is 0 Å². The number of ether oxygens (including phenoxy) is 1. The molecule has 0 aliphatic carbocycles. The third-order valence-corrected chi connectivity index (χ3v) is 4.05. The molecule has 1 saturated heterocycles. The highest BCUT2D eigenvalue weighted by molar-refractivity contribution is 5.71. The maximum Gasteiger partial charge on any atom is 0.306 e. The van der Waals surface area contributed by atoms with Crippen LogP contribution >= 0.6 is 0 Å². The molecular weight excluding hydrogens is 313 g/mol. The summed E-state index contributed by atoms with van der Waals surface area (Å²) in [5, 5.41) is 11.1. The van der Waals surface area contributed by atoms with Gasteiger partial charge in [0.2, 0.25) is 0 Å². The fourth-order valence-electron chi connectivity index (χ4n) is 3.08. The number of alkyl halides is 1. The maximum absolute atomic E-state index is 14.6. The van der Waals surface area contributed by atoms with Gasteiger partial charge in [0, 0.05) is 31.1 Å². The summed E-state index contributed by atoms with van der Waals surface area (Å²) in [5.74, 6) is -1.13. The summed E-state index contributed by atoms with van der Waals surface area (Å²) in [5.41, 5.74) is 2.30. The van der Waals surface area contributed by atoms with Crippen molar-refractivity contribution in [1.82, 2.24) is 4.98 Å². The van der Waals surface area contributed by atoms with Crippen LogP contribution in [0, 0.1) is 17.0 Å². The van der Waals surface area contributed by atoms with Crippen LogP contribution in [0.4, 0.5) is 15.8 Å². The number of hydrogen-bond acceptors (Lipinski definition) is 6. The fraction of sp³-hybridized carbons (Fsp3) is 0.647. The average molecular weight is 338 g/mol. The van der Waals surface area contributed by atoms with Crippen LogP contribution in [0.25, 0.3) is 0 Å². The molecule has 1 fully saturated rings. The molecule has 1 aliphatic heterocycles. The second-order valence-electron chi connectivity index (χ2n) is 7.37. The van der Waals surface area contributed by atoms with Crippen LogP contribution < -0.4 is 10.4 Å². The highest BCUT2D eigenvalue weighted by Crippen LogP contribution is 2.34. The standard InChI is InChI=1S/C17H25FN3O3/c1-11-9-21(14-5-6-19-8-13(14)20-23)10-12(16(11)18)7-15(22)24-17(2,3)4/h5-6,8,11-12,16,20H,7,9-10H2,1-4H3/q-1/t11-,12+,16+/m0/s1. The molecule has 0 saturated carbocycles. The molecule has 0 radical (unpaired) electrons. The first-order valence-electron chi connectivity index (χ1n) is 8.14. The van der Waals surface area contributed by atoms with E-state index >= 15 is 0 Å². The molecule has 0 aromatic carbocycles. The molecule has 0 amide bonds. The summed E-state index contributed by atoms with van der Waals surface area (Å²) < 4.78 is 19.9. The zero-order valence-corrected chi connectivity index (χ0v) is 14.6. The predicted octanol–water partition coefficient (Wildman–Crippen LogP) is 3.13. The van der Waals surface area contributed by atoms with Crippen LogP contribution in [0.2, 0.25) is 0 Å². The van der Waals surface area contributed by atoms with Crippen molar-refractivity contribution in [2.24, 2.45) is 11.8 Å². The molecule has 24 heavy (non-hydrogen) atoms. The number of piperidine rings is 1. The average Bonchev–Trinajstić information content (AvgIpc) is 2.49. The topological polar surface area (TPSA) is 77.5 Å². The quantitative estimate of drug-likeness (QED) is 0.671. The summed E-state index contributed by atoms with van der Waals surface area (Å²) >= 11 is 0. The van der Waals surface area contributed by atoms with E-state index in [2.05, 4.69) is 4.98 Å². The zero-order chi connectivity index (χ0) is 17.9. The molecule has 1 N–H and O–H groups in total. The molecule has 3 atom stereocenters. The molecule has 2 rings (SSSR count). The van der Waals surface area contributed by atoms with Crippen molar-refractivity contribution in [2.75, 3.05) is 23.5 Å². The second kappa shape index (κ2) is 7.34. The lowest BCUT2D eigenvalue weighted by Gasteiger charge is -2.41. The lowest BCUT2D eigenvalue weighted by Crippen LogP contribution is -2.48. The molecule has 0 bridgehead atoms. The van der Waals surface area contributed by atoms with Crippen molar-refractivity contribution in [3.8, 4) is 0 Å². The van der Waals surface area contributed by atoms with E-state index in [1.54, 1.807) is 33.0 Å². The van der Waals surface area contributed by atoms with Gasteiger partial charge in [-0.3, -0.25) is 9.78 Å². The molecule has 134 valence electrons. The maximum atomic E-state index is 14.6. The largest absolute Gasteiger partial charge is 0.761 e. The molecule has 0 unspecified atom stereocenters. The number of anilines is 2. The number of rotatable bonds is 4. The lowest BCUT2D eigenvalue weighted by molar-refractivity contribution is -0.156. The zero-order valence-electron chi connectivity index (χ0n) is 14.6. The molecule has 1 aromatic rings. The number of halogens is 1. The van der Waals surface area contributed by atoms with Gasteiger partial charge in [-0.25, -0.2) is 4.39 Å². The van der Waals surface area contributed by atoms with Gasteiger partial charge in [-0.15, -0.1) is 0 Å². The Morgan fingerprint density at radius 3 is 2.83 bits per heavy atom. The molecule has 6 nitrogen and oxygen atoms in total. The van der Waals surface area contributed by atoms with Crippen LogP contribution in [0.3, 0.4) is 0 Å². The van der Waals surface area contributed by atoms with E-state index in [-0.39, 0.29) is 12.3 Å². The van der Waals surface area contributed by atoms with E-state index in [4.69, 9.17) is 4.74 Å². The van der Waals surface area contributed by atoms with Gasteiger partial charge in [-0.1, -0.05) is 6.92 Å². The first kappa shape index (κ1) is 18.4. The van der Waals surface area contributed by atoms with Gasteiger partial charge in [0.05, 0.1) is 24.0 Å². The highest BCUT2D eigenvalue weighted by atomic mass is 19.1. The van der Waals surface area contributed by atoms with Crippen molar-refractivity contribution in [2.45, 2.75) is 45.9 Å². The smallest absolute Gasteiger partial charge is 0.306 e. The van der Waals surface area contributed by atoms with Gasteiger partial charge < -0.3 is 20.3 Å². The van der Waals surface area contributed by atoms with Gasteiger partial charge in [-0.2, -0.15) is 0 Å². The van der Waals surface area contributed by atoms with Gasteiger partial charge in [-0.05, 0) is 26.8 Å². The number of nitrogens with zero attached hydrogens (tertiary/aromatic N) is 2. The van der Waals surface area contributed by atoms with Gasteiger partial charge in [0.1, 0.15) is 11.8 Å². The summed E-state index contributed by atoms with van der Waals surface area (Å²) in [6.45, 7) is 8.00. The minimum Gasteiger partial charge on any atom is -0.761 e. The molecule has 1 aromatic heterocycles. The van der Waals surface area contributed by atoms with Crippen molar-refractivity contribution >= 4 is 17.3 Å². The Morgan fingerprint density at radius 2 is 2.21 bits per heavy atom. The fourth-order valence-corrected chi connectivity index (χ4v) is 3.08. The third kappa shape index (κ3) is 4.56. The summed E-state index contributed by atoms with van der Waals surface area (Å²) in [4.78, 5) is 17.9. The van der Waals surface area contributed by atoms with Gasteiger partial charge >= 0.3 is 5.97 Å². The predicted molar refractivity (Wildman–Crippen MR) is 91.5 cm³/mol. The van der Waals surface area contributed by atoms with Crippen LogP contribution in [0.15, 0.2) is 18.5 Å². The van der Waals surface area contributed by atoms with Crippen molar-refractivity contribution in [3.63, 3.8) is 0 Å². The van der Waals surface area contributed by atoms with E-state index in [9.17, 15) is 14.4 Å². The molecule has 2 heterocycles. The number of hydrogen-bond donors (Lipinski definition) is 1. The minimum absolute atomic E-state index is 0.0184. The number of nitrogens with one attached hydrogen (secondary N) is 1. The Morgan fingerprint density at radius 1 is 1.50 bits per heavy atom. The van der Waals surface area contributed by atoms with Crippen LogP contribution in [-0.2, 0) is 9.53 Å². The highest BCUT2D eigenvalue weighted by Gasteiger charge is 2.37. The molecular formula is C17H25FN3O3-. The molecule has 7 heteroatoms. The summed E-state index contributed by atoms with van der Waals surface area (Å²) in [6, 6.07) is 1.72. The van der Waals surface area contributed by atoms with Crippen molar-refractivity contribution < 1.29 is 13.9 Å². The van der Waals surface area contributed by atoms with Crippen LogP contribution in [0.1, 0.15) is 34.1 Å². The van der Waals surface area contributed by atoms with E-state index in [0.717, 1.165) is 0 Å². The minimum atomic E-state index is -1.08. The van der Waals surface area contributed by atoms with Crippen LogP contribution in [-0.4, -0.2) is 35.8 Å². The van der Waals surface area contributed by atoms with Gasteiger partial charge in [0.15, 0.2) is 0 Å². The monoisotopic (exact) mass is 338 g/mol. The third-order valence-electron chi connectivity index (χ3n) is 4.05. The Labute approximate surface area is 142 Å². The Kier molecular flexibility index (Phi) is 5.64. The first-order valence-corrected chi connectivity index (χ1v) is 8.14. The SMILES string of the molecule is C[C@H]1CN(c2ccncc2N[O-])C[C@@H](CC(=O)OC(C)(C)C)[C@@H]1F. The van der Waals surface area contributed by atoms with Crippen molar-refractivity contribution in [1.29, 1.82) is 0 Å². The number of pyridine rings is 1. The van der Waals surface area contributed by atoms with E-state index in [1.807, 2.05) is 17.3 Å². The Bertz CT molecular complexity index is 576. The lowest BCUT2D eigenvalue weighted by atomic mass is 9.85. The number of aromatic nitrogens is 1. The van der Waals surface area contributed by atoms with E-state index in [1.165, 1.54) is 6.20 Å². The first-order chi connectivity index (χ1) is 11.2. The van der Waals surface area contributed by atoms with Crippen molar-refractivity contribution in [3.05, 3.63) is 23.7 Å². The van der Waals surface area contributed by atoms with E-state index in [0.29, 0.717) is 24.5 Å².